The summed E-state index contributed by atoms with van der Waals surface area (Å²) in [6.45, 7) is 2.17. The van der Waals surface area contributed by atoms with Gasteiger partial charge in [-0.1, -0.05) is 15.9 Å². The number of fused-ring (bicyclic) bond motifs is 1. The molecule has 1 aliphatic rings. The zero-order valence-corrected chi connectivity index (χ0v) is 11.3. The average Bonchev–Trinajstić information content (AvgIpc) is 2.80. The Kier molecular flexibility index (Phi) is 2.60. The maximum absolute atomic E-state index is 6.05. The molecule has 0 aliphatic carbocycles. The fourth-order valence-electron chi connectivity index (χ4n) is 2.60. The third-order valence-corrected chi connectivity index (χ3v) is 3.90. The fourth-order valence-corrected chi connectivity index (χ4v) is 2.95. The van der Waals surface area contributed by atoms with E-state index in [0.29, 0.717) is 12.0 Å². The second-order valence-electron chi connectivity index (χ2n) is 4.68. The van der Waals surface area contributed by atoms with Crippen LogP contribution in [0.3, 0.4) is 0 Å². The number of aromatic nitrogens is 2. The van der Waals surface area contributed by atoms with Crippen molar-refractivity contribution in [3.63, 3.8) is 0 Å². The van der Waals surface area contributed by atoms with Gasteiger partial charge in [-0.05, 0) is 38.2 Å². The fraction of sp³-hybridized carbons (Fsp3) is 0.417. The van der Waals surface area contributed by atoms with E-state index in [1.54, 1.807) is 0 Å². The Labute approximate surface area is 109 Å². The van der Waals surface area contributed by atoms with Crippen molar-refractivity contribution in [2.45, 2.75) is 12.5 Å². The first-order valence-electron chi connectivity index (χ1n) is 5.76. The van der Waals surface area contributed by atoms with Crippen molar-refractivity contribution in [2.24, 2.45) is 0 Å². The monoisotopic (exact) mass is 294 g/mol. The molecule has 1 saturated heterocycles. The topological polar surface area (TPSA) is 47.1 Å². The summed E-state index contributed by atoms with van der Waals surface area (Å²) in [5.41, 5.74) is 8.14. The standard InChI is InChI=1S/C12H15BrN4/c1-16-5-4-9(7-16)17-11-3-2-8(13)6-10(11)15-12(17)14/h2-3,6,9H,4-5,7H2,1H3,(H2,14,15). The van der Waals surface area contributed by atoms with E-state index in [9.17, 15) is 0 Å². The molecule has 1 aromatic carbocycles. The molecule has 5 heteroatoms. The normalized spacial score (nSPS) is 21.4. The van der Waals surface area contributed by atoms with Crippen molar-refractivity contribution in [3.05, 3.63) is 22.7 Å². The first-order valence-corrected chi connectivity index (χ1v) is 6.56. The van der Waals surface area contributed by atoms with Crippen LogP contribution >= 0.6 is 15.9 Å². The first kappa shape index (κ1) is 11.0. The summed E-state index contributed by atoms with van der Waals surface area (Å²) in [6, 6.07) is 6.59. The lowest BCUT2D eigenvalue weighted by atomic mass is 10.2. The second kappa shape index (κ2) is 3.99. The van der Waals surface area contributed by atoms with E-state index in [2.05, 4.69) is 43.5 Å². The maximum atomic E-state index is 6.05. The summed E-state index contributed by atoms with van der Waals surface area (Å²) in [5.74, 6) is 0.624. The first-order chi connectivity index (χ1) is 8.15. The SMILES string of the molecule is CN1CCC(n2c(N)nc3cc(Br)ccc32)C1. The van der Waals surface area contributed by atoms with Crippen molar-refractivity contribution in [1.82, 2.24) is 14.5 Å². The minimum absolute atomic E-state index is 0.450. The minimum Gasteiger partial charge on any atom is -0.369 e. The van der Waals surface area contributed by atoms with Crippen molar-refractivity contribution in [3.8, 4) is 0 Å². The van der Waals surface area contributed by atoms with Crippen molar-refractivity contribution < 1.29 is 0 Å². The van der Waals surface area contributed by atoms with Gasteiger partial charge in [0.15, 0.2) is 0 Å². The van der Waals surface area contributed by atoms with Crippen LogP contribution in [0.1, 0.15) is 12.5 Å². The van der Waals surface area contributed by atoms with Gasteiger partial charge in [0.25, 0.3) is 0 Å². The van der Waals surface area contributed by atoms with Gasteiger partial charge in [0.1, 0.15) is 0 Å². The number of rotatable bonds is 1. The molecule has 0 bridgehead atoms. The summed E-state index contributed by atoms with van der Waals surface area (Å²) < 4.78 is 3.21. The van der Waals surface area contributed by atoms with E-state index in [0.717, 1.165) is 35.0 Å². The van der Waals surface area contributed by atoms with E-state index in [1.165, 1.54) is 0 Å². The Bertz CT molecular complexity index is 563. The quantitative estimate of drug-likeness (QED) is 0.878. The highest BCUT2D eigenvalue weighted by Crippen LogP contribution is 2.29. The molecule has 3 rings (SSSR count). The van der Waals surface area contributed by atoms with Gasteiger partial charge in [-0.15, -0.1) is 0 Å². The molecule has 2 heterocycles. The van der Waals surface area contributed by atoms with Gasteiger partial charge in [0.05, 0.1) is 17.1 Å². The Morgan fingerprint density at radius 1 is 1.47 bits per heavy atom. The molecule has 1 aromatic heterocycles. The van der Waals surface area contributed by atoms with Gasteiger partial charge in [0.2, 0.25) is 5.95 Å². The third-order valence-electron chi connectivity index (χ3n) is 3.41. The van der Waals surface area contributed by atoms with E-state index in [-0.39, 0.29) is 0 Å². The third kappa shape index (κ3) is 1.83. The highest BCUT2D eigenvalue weighted by atomic mass is 79.9. The van der Waals surface area contributed by atoms with Crippen molar-refractivity contribution in [2.75, 3.05) is 25.9 Å². The maximum Gasteiger partial charge on any atom is 0.201 e. The molecular formula is C12H15BrN4. The van der Waals surface area contributed by atoms with E-state index >= 15 is 0 Å². The number of likely N-dealkylation sites (tertiary alicyclic amines) is 1. The van der Waals surface area contributed by atoms with Crippen LogP contribution in [-0.4, -0.2) is 34.6 Å². The van der Waals surface area contributed by atoms with Gasteiger partial charge in [0, 0.05) is 11.0 Å². The van der Waals surface area contributed by atoms with Crippen LogP contribution < -0.4 is 5.73 Å². The molecule has 1 atom stereocenters. The van der Waals surface area contributed by atoms with Gasteiger partial charge < -0.3 is 15.2 Å². The second-order valence-corrected chi connectivity index (χ2v) is 5.59. The Morgan fingerprint density at radius 2 is 2.29 bits per heavy atom. The number of imidazole rings is 1. The molecule has 4 nitrogen and oxygen atoms in total. The summed E-state index contributed by atoms with van der Waals surface area (Å²) in [5, 5.41) is 0. The smallest absolute Gasteiger partial charge is 0.201 e. The number of likely N-dealkylation sites (N-methyl/N-ethyl adjacent to an activating group) is 1. The summed E-state index contributed by atoms with van der Waals surface area (Å²) in [7, 11) is 2.14. The largest absolute Gasteiger partial charge is 0.369 e. The molecular weight excluding hydrogens is 280 g/mol. The molecule has 0 spiro atoms. The molecule has 90 valence electrons. The average molecular weight is 295 g/mol. The Hall–Kier alpha value is -1.07. The Morgan fingerprint density at radius 3 is 3.00 bits per heavy atom. The number of hydrogen-bond acceptors (Lipinski definition) is 3. The molecule has 2 N–H and O–H groups in total. The number of nitrogen functional groups attached to an aromatic ring is 1. The predicted octanol–water partition coefficient (Wildman–Crippen LogP) is 2.26. The highest BCUT2D eigenvalue weighted by Gasteiger charge is 2.24. The number of benzene rings is 1. The predicted molar refractivity (Wildman–Crippen MR) is 73.0 cm³/mol. The molecule has 0 amide bonds. The Balaban J connectivity index is 2.12. The van der Waals surface area contributed by atoms with E-state index in [4.69, 9.17) is 5.73 Å². The molecule has 0 saturated carbocycles. The number of halogens is 1. The van der Waals surface area contributed by atoms with Crippen LogP contribution in [0.15, 0.2) is 22.7 Å². The van der Waals surface area contributed by atoms with Crippen LogP contribution in [-0.2, 0) is 0 Å². The van der Waals surface area contributed by atoms with Gasteiger partial charge in [-0.25, -0.2) is 4.98 Å². The summed E-state index contributed by atoms with van der Waals surface area (Å²) >= 11 is 3.46. The lowest BCUT2D eigenvalue weighted by molar-refractivity contribution is 0.396. The van der Waals surface area contributed by atoms with Gasteiger partial charge in [-0.3, -0.25) is 0 Å². The lowest BCUT2D eigenvalue weighted by Crippen LogP contribution is -2.17. The number of hydrogen-bond donors (Lipinski definition) is 1. The summed E-state index contributed by atoms with van der Waals surface area (Å²) in [4.78, 5) is 6.76. The van der Waals surface area contributed by atoms with Crippen LogP contribution in [0, 0.1) is 0 Å². The zero-order valence-electron chi connectivity index (χ0n) is 9.73. The minimum atomic E-state index is 0.450. The molecule has 1 unspecified atom stereocenters. The number of nitrogens with two attached hydrogens (primary N) is 1. The van der Waals surface area contributed by atoms with Gasteiger partial charge >= 0.3 is 0 Å². The van der Waals surface area contributed by atoms with Crippen LogP contribution in [0.5, 0.6) is 0 Å². The van der Waals surface area contributed by atoms with E-state index in [1.807, 2.05) is 12.1 Å². The van der Waals surface area contributed by atoms with Crippen LogP contribution in [0.25, 0.3) is 11.0 Å². The molecule has 2 aromatic rings. The highest BCUT2D eigenvalue weighted by molar-refractivity contribution is 9.10. The zero-order chi connectivity index (χ0) is 12.0. The van der Waals surface area contributed by atoms with Crippen molar-refractivity contribution in [1.29, 1.82) is 0 Å². The molecule has 0 radical (unpaired) electrons. The van der Waals surface area contributed by atoms with Crippen LogP contribution in [0.4, 0.5) is 5.95 Å². The summed E-state index contributed by atoms with van der Waals surface area (Å²) in [6.07, 6.45) is 1.14. The van der Waals surface area contributed by atoms with Gasteiger partial charge in [-0.2, -0.15) is 0 Å². The van der Waals surface area contributed by atoms with Crippen molar-refractivity contribution >= 4 is 32.9 Å². The molecule has 17 heavy (non-hydrogen) atoms. The molecule has 1 fully saturated rings. The van der Waals surface area contributed by atoms with Crippen LogP contribution in [0.2, 0.25) is 0 Å². The number of anilines is 1. The van der Waals surface area contributed by atoms with E-state index < -0.39 is 0 Å². The molecule has 1 aliphatic heterocycles. The number of nitrogens with zero attached hydrogens (tertiary/aromatic N) is 3. The lowest BCUT2D eigenvalue weighted by Gasteiger charge is -2.14.